The summed E-state index contributed by atoms with van der Waals surface area (Å²) < 4.78 is 17.0. The molecule has 4 aliphatic rings. The number of nitrogens with zero attached hydrogens (tertiary/aromatic N) is 1. The Bertz CT molecular complexity index is 1000. The number of ether oxygens (including phenoxy) is 3. The van der Waals surface area contributed by atoms with Crippen molar-refractivity contribution in [2.24, 2.45) is 0 Å². The van der Waals surface area contributed by atoms with Gasteiger partial charge in [-0.25, -0.2) is 0 Å². The molecule has 3 heterocycles. The van der Waals surface area contributed by atoms with Gasteiger partial charge in [-0.1, -0.05) is 36.5 Å². The Balaban J connectivity index is 1.63. The highest BCUT2D eigenvalue weighted by molar-refractivity contribution is 7.83. The van der Waals surface area contributed by atoms with Crippen molar-refractivity contribution in [3.8, 4) is 17.2 Å². The summed E-state index contributed by atoms with van der Waals surface area (Å²) in [6, 6.07) is 3.74. The molecule has 0 bridgehead atoms. The molecule has 1 unspecified atom stereocenters. The van der Waals surface area contributed by atoms with Crippen molar-refractivity contribution >= 4 is 18.5 Å². The lowest BCUT2D eigenvalue weighted by molar-refractivity contribution is -0.131. The number of hydrogen-bond acceptors (Lipinski definition) is 5. The van der Waals surface area contributed by atoms with E-state index in [1.807, 2.05) is 47.4 Å². The summed E-state index contributed by atoms with van der Waals surface area (Å²) in [6.07, 6.45) is 14.7. The minimum Gasteiger partial charge on any atom is -0.491 e. The molecule has 1 fully saturated rings. The first-order chi connectivity index (χ1) is 13.8. The maximum atomic E-state index is 13.7. The van der Waals surface area contributed by atoms with Crippen LogP contribution in [0.15, 0.2) is 71.3 Å². The standard InChI is InChI=1S/C22H19NO4S/c24-21-22(13-25-18-12-20-19(11-16(18)22)26-14-27-20)15-7-3-1-4-8-17(15)23(21)9-5-2-6-10-28/h1-2,4-8,10-12,28H,3,9,13-14H2/b5-2+,10-6-. The third-order valence-electron chi connectivity index (χ3n) is 5.49. The van der Waals surface area contributed by atoms with Crippen LogP contribution in [0.1, 0.15) is 12.0 Å². The number of fused-ring (bicyclic) bond motifs is 5. The summed E-state index contributed by atoms with van der Waals surface area (Å²) in [5.41, 5.74) is 1.93. The zero-order chi connectivity index (χ0) is 19.1. The summed E-state index contributed by atoms with van der Waals surface area (Å²) in [5, 5.41) is 1.66. The largest absolute Gasteiger partial charge is 0.491 e. The molecule has 1 aromatic carbocycles. The first kappa shape index (κ1) is 17.3. The van der Waals surface area contributed by atoms with Gasteiger partial charge >= 0.3 is 0 Å². The summed E-state index contributed by atoms with van der Waals surface area (Å²) in [6.45, 7) is 0.951. The normalized spacial score (nSPS) is 24.6. The van der Waals surface area contributed by atoms with Crippen molar-refractivity contribution < 1.29 is 19.0 Å². The molecule has 5 nitrogen and oxygen atoms in total. The van der Waals surface area contributed by atoms with Crippen LogP contribution in [0, 0.1) is 0 Å². The van der Waals surface area contributed by atoms with Crippen LogP contribution in [0.25, 0.3) is 0 Å². The highest BCUT2D eigenvalue weighted by atomic mass is 32.1. The molecule has 0 aromatic heterocycles. The van der Waals surface area contributed by atoms with Crippen LogP contribution in [0.3, 0.4) is 0 Å². The van der Waals surface area contributed by atoms with Crippen molar-refractivity contribution in [1.82, 2.24) is 4.90 Å². The molecule has 1 amide bonds. The second-order valence-electron chi connectivity index (χ2n) is 6.91. The molecule has 3 aliphatic heterocycles. The number of hydrogen-bond donors (Lipinski definition) is 1. The highest BCUT2D eigenvalue weighted by Gasteiger charge is 2.59. The lowest BCUT2D eigenvalue weighted by Gasteiger charge is -2.21. The Morgan fingerprint density at radius 3 is 2.86 bits per heavy atom. The van der Waals surface area contributed by atoms with Gasteiger partial charge < -0.3 is 19.1 Å². The van der Waals surface area contributed by atoms with Crippen LogP contribution in [0.5, 0.6) is 17.2 Å². The van der Waals surface area contributed by atoms with E-state index in [-0.39, 0.29) is 19.3 Å². The van der Waals surface area contributed by atoms with Gasteiger partial charge in [0.25, 0.3) is 0 Å². The van der Waals surface area contributed by atoms with Gasteiger partial charge in [-0.05, 0) is 29.5 Å². The number of benzene rings is 1. The minimum atomic E-state index is -0.846. The monoisotopic (exact) mass is 393 g/mol. The topological polar surface area (TPSA) is 48.0 Å². The molecule has 1 atom stereocenters. The Kier molecular flexibility index (Phi) is 4.09. The lowest BCUT2D eigenvalue weighted by Crippen LogP contribution is -2.40. The molecule has 1 aliphatic carbocycles. The van der Waals surface area contributed by atoms with Crippen molar-refractivity contribution in [3.05, 3.63) is 76.9 Å². The van der Waals surface area contributed by atoms with E-state index in [0.717, 1.165) is 23.3 Å². The molecule has 28 heavy (non-hydrogen) atoms. The van der Waals surface area contributed by atoms with E-state index in [0.29, 0.717) is 23.8 Å². The maximum absolute atomic E-state index is 13.7. The number of thiol groups is 1. The Hall–Kier alpha value is -2.86. The SMILES string of the molecule is O=C1N(C/C=C/C=C\S)C2=CC=CCC=C2C12COc1cc3c(cc12)OCO3. The summed E-state index contributed by atoms with van der Waals surface area (Å²) in [7, 11) is 0. The maximum Gasteiger partial charge on any atom is 0.246 e. The van der Waals surface area contributed by atoms with Crippen LogP contribution in [0.2, 0.25) is 0 Å². The molecule has 1 spiro atoms. The van der Waals surface area contributed by atoms with Gasteiger partial charge in [-0.3, -0.25) is 4.79 Å². The minimum absolute atomic E-state index is 0.0254. The van der Waals surface area contributed by atoms with E-state index in [4.69, 9.17) is 14.2 Å². The lowest BCUT2D eigenvalue weighted by atomic mass is 9.76. The molecule has 0 radical (unpaired) electrons. The third-order valence-corrected chi connectivity index (χ3v) is 5.66. The Morgan fingerprint density at radius 2 is 2.00 bits per heavy atom. The number of likely N-dealkylation sites (tertiary alicyclic amines) is 1. The van der Waals surface area contributed by atoms with E-state index in [9.17, 15) is 4.79 Å². The number of carbonyl (C=O) groups is 1. The molecule has 1 aromatic rings. The van der Waals surface area contributed by atoms with Gasteiger partial charge in [0, 0.05) is 23.9 Å². The van der Waals surface area contributed by atoms with Crippen molar-refractivity contribution in [3.63, 3.8) is 0 Å². The molecular formula is C22H19NO4S. The molecular weight excluding hydrogens is 374 g/mol. The summed E-state index contributed by atoms with van der Waals surface area (Å²) in [5.74, 6) is 2.03. The van der Waals surface area contributed by atoms with Crippen molar-refractivity contribution in [2.45, 2.75) is 11.8 Å². The van der Waals surface area contributed by atoms with Crippen LogP contribution in [-0.4, -0.2) is 30.8 Å². The smallest absolute Gasteiger partial charge is 0.246 e. The van der Waals surface area contributed by atoms with E-state index in [2.05, 4.69) is 24.8 Å². The van der Waals surface area contributed by atoms with Crippen molar-refractivity contribution in [1.29, 1.82) is 0 Å². The fraction of sp³-hybridized carbons (Fsp3) is 0.227. The second-order valence-corrected chi connectivity index (χ2v) is 7.21. The zero-order valence-electron chi connectivity index (χ0n) is 15.1. The number of amides is 1. The van der Waals surface area contributed by atoms with Crippen LogP contribution >= 0.6 is 12.6 Å². The molecule has 0 saturated carbocycles. The number of rotatable bonds is 3. The molecule has 142 valence electrons. The number of allylic oxidation sites excluding steroid dienone is 7. The Morgan fingerprint density at radius 1 is 1.14 bits per heavy atom. The Labute approximate surface area is 168 Å². The van der Waals surface area contributed by atoms with E-state index < -0.39 is 5.41 Å². The predicted molar refractivity (Wildman–Crippen MR) is 109 cm³/mol. The third kappa shape index (κ3) is 2.37. The van der Waals surface area contributed by atoms with E-state index in [1.165, 1.54) is 0 Å². The average molecular weight is 393 g/mol. The predicted octanol–water partition coefficient (Wildman–Crippen LogP) is 3.66. The second kappa shape index (κ2) is 6.63. The summed E-state index contributed by atoms with van der Waals surface area (Å²) >= 11 is 4.06. The quantitative estimate of drug-likeness (QED) is 0.629. The van der Waals surface area contributed by atoms with Crippen LogP contribution in [0.4, 0.5) is 0 Å². The molecule has 5 rings (SSSR count). The fourth-order valence-electron chi connectivity index (χ4n) is 4.22. The zero-order valence-corrected chi connectivity index (χ0v) is 16.0. The average Bonchev–Trinajstić information content (AvgIpc) is 3.30. The van der Waals surface area contributed by atoms with Gasteiger partial charge in [0.2, 0.25) is 12.7 Å². The molecule has 1 saturated heterocycles. The molecule has 6 heteroatoms. The highest BCUT2D eigenvalue weighted by Crippen LogP contribution is 2.55. The first-order valence-corrected chi connectivity index (χ1v) is 9.70. The first-order valence-electron chi connectivity index (χ1n) is 9.18. The van der Waals surface area contributed by atoms with Gasteiger partial charge in [0.15, 0.2) is 11.5 Å². The van der Waals surface area contributed by atoms with Crippen LogP contribution in [-0.2, 0) is 10.2 Å². The fourth-order valence-corrected chi connectivity index (χ4v) is 4.32. The summed E-state index contributed by atoms with van der Waals surface area (Å²) in [4.78, 5) is 15.6. The molecule has 0 N–H and O–H groups in total. The van der Waals surface area contributed by atoms with Gasteiger partial charge in [-0.15, -0.1) is 0 Å². The van der Waals surface area contributed by atoms with Crippen molar-refractivity contribution in [2.75, 3.05) is 19.9 Å². The van der Waals surface area contributed by atoms with Crippen LogP contribution < -0.4 is 14.2 Å². The van der Waals surface area contributed by atoms with E-state index in [1.54, 1.807) is 5.41 Å². The number of carbonyl (C=O) groups excluding carboxylic acids is 1. The van der Waals surface area contributed by atoms with Gasteiger partial charge in [0.1, 0.15) is 17.8 Å². The van der Waals surface area contributed by atoms with Gasteiger partial charge in [-0.2, -0.15) is 12.6 Å². The van der Waals surface area contributed by atoms with E-state index >= 15 is 0 Å². The van der Waals surface area contributed by atoms with Gasteiger partial charge in [0.05, 0.1) is 0 Å².